The van der Waals surface area contributed by atoms with Gasteiger partial charge in [0.25, 0.3) is 0 Å². The number of hydrogen-bond acceptors (Lipinski definition) is 4. The third kappa shape index (κ3) is 2.14. The number of hydrogen-bond donors (Lipinski definition) is 1. The first kappa shape index (κ1) is 12.4. The van der Waals surface area contributed by atoms with Crippen molar-refractivity contribution < 1.29 is 0 Å². The summed E-state index contributed by atoms with van der Waals surface area (Å²) in [5.41, 5.74) is 2.65. The van der Waals surface area contributed by atoms with Gasteiger partial charge in [-0.2, -0.15) is 10.4 Å². The maximum Gasteiger partial charge on any atom is 0.141 e. The fraction of sp³-hybridized carbons (Fsp3) is 0.286. The maximum atomic E-state index is 8.64. The Morgan fingerprint density at radius 3 is 3.20 bits per heavy atom. The molecule has 0 aromatic carbocycles. The maximum absolute atomic E-state index is 8.64. The van der Waals surface area contributed by atoms with E-state index in [1.165, 1.54) is 0 Å². The van der Waals surface area contributed by atoms with Crippen LogP contribution in [0.4, 0.5) is 0 Å². The van der Waals surface area contributed by atoms with Gasteiger partial charge in [0.2, 0.25) is 0 Å². The molecule has 0 aliphatic carbocycles. The van der Waals surface area contributed by atoms with Crippen molar-refractivity contribution in [2.75, 3.05) is 0 Å². The van der Waals surface area contributed by atoms with Crippen molar-refractivity contribution in [2.45, 2.75) is 25.8 Å². The Morgan fingerprint density at radius 2 is 2.35 bits per heavy atom. The number of fused-ring (bicyclic) bond motifs is 1. The quantitative estimate of drug-likeness (QED) is 0.787. The molecule has 0 aliphatic rings. The van der Waals surface area contributed by atoms with Gasteiger partial charge in [0.1, 0.15) is 12.0 Å². The molecule has 0 radical (unpaired) electrons. The summed E-state index contributed by atoms with van der Waals surface area (Å²) in [5, 5.41) is 14.0. The SMILES string of the molecule is C[C@@H](CCC#N)n1cc(-c2ncnc3[nH]ccc23)cn1. The molecule has 0 unspecified atom stereocenters. The lowest BCUT2D eigenvalue weighted by molar-refractivity contribution is 0.465. The van der Waals surface area contributed by atoms with Crippen LogP contribution >= 0.6 is 0 Å². The molecule has 0 spiro atoms. The van der Waals surface area contributed by atoms with E-state index in [1.807, 2.05) is 23.1 Å². The van der Waals surface area contributed by atoms with E-state index in [2.05, 4.69) is 33.0 Å². The zero-order valence-electron chi connectivity index (χ0n) is 11.1. The summed E-state index contributed by atoms with van der Waals surface area (Å²) in [7, 11) is 0. The minimum absolute atomic E-state index is 0.201. The lowest BCUT2D eigenvalue weighted by Gasteiger charge is -2.09. The summed E-state index contributed by atoms with van der Waals surface area (Å²) in [6, 6.07) is 4.32. The summed E-state index contributed by atoms with van der Waals surface area (Å²) in [5.74, 6) is 0. The molecule has 6 nitrogen and oxygen atoms in total. The van der Waals surface area contributed by atoms with Crippen LogP contribution < -0.4 is 0 Å². The van der Waals surface area contributed by atoms with Crippen molar-refractivity contribution in [3.63, 3.8) is 0 Å². The van der Waals surface area contributed by atoms with E-state index in [0.717, 1.165) is 28.7 Å². The molecule has 0 fully saturated rings. The second kappa shape index (κ2) is 5.13. The Labute approximate surface area is 116 Å². The van der Waals surface area contributed by atoms with E-state index in [-0.39, 0.29) is 6.04 Å². The van der Waals surface area contributed by atoms with Gasteiger partial charge in [0, 0.05) is 29.8 Å². The normalized spacial score (nSPS) is 12.4. The molecule has 0 amide bonds. The third-order valence-corrected chi connectivity index (χ3v) is 3.35. The van der Waals surface area contributed by atoms with Gasteiger partial charge in [0.15, 0.2) is 0 Å². The first-order chi connectivity index (χ1) is 9.79. The fourth-order valence-electron chi connectivity index (χ4n) is 2.21. The van der Waals surface area contributed by atoms with Crippen LogP contribution in [-0.4, -0.2) is 24.7 Å². The molecule has 3 aromatic heterocycles. The Balaban J connectivity index is 1.94. The number of aromatic nitrogens is 5. The highest BCUT2D eigenvalue weighted by Gasteiger charge is 2.11. The zero-order valence-corrected chi connectivity index (χ0v) is 11.1. The minimum Gasteiger partial charge on any atom is -0.346 e. The first-order valence-corrected chi connectivity index (χ1v) is 6.49. The van der Waals surface area contributed by atoms with Crippen molar-refractivity contribution in [1.29, 1.82) is 5.26 Å². The third-order valence-electron chi connectivity index (χ3n) is 3.35. The molecule has 1 atom stereocenters. The highest BCUT2D eigenvalue weighted by molar-refractivity contribution is 5.89. The van der Waals surface area contributed by atoms with Crippen LogP contribution in [0.15, 0.2) is 31.0 Å². The predicted octanol–water partition coefficient (Wildman–Crippen LogP) is 2.69. The van der Waals surface area contributed by atoms with Crippen LogP contribution in [0.25, 0.3) is 22.3 Å². The summed E-state index contributed by atoms with van der Waals surface area (Å²) < 4.78 is 1.88. The standard InChI is InChI=1S/C14H14N6/c1-10(3-2-5-15)20-8-11(7-19-20)13-12-4-6-16-14(12)18-9-17-13/h4,6-10H,2-3H2,1H3,(H,16,17,18)/t10-/m0/s1. The van der Waals surface area contributed by atoms with Gasteiger partial charge >= 0.3 is 0 Å². The summed E-state index contributed by atoms with van der Waals surface area (Å²) in [6.45, 7) is 2.06. The van der Waals surface area contributed by atoms with Gasteiger partial charge < -0.3 is 4.98 Å². The number of aromatic amines is 1. The van der Waals surface area contributed by atoms with E-state index in [4.69, 9.17) is 5.26 Å². The van der Waals surface area contributed by atoms with Gasteiger partial charge in [-0.05, 0) is 19.4 Å². The Morgan fingerprint density at radius 1 is 1.45 bits per heavy atom. The van der Waals surface area contributed by atoms with Crippen molar-refractivity contribution in [2.24, 2.45) is 0 Å². The van der Waals surface area contributed by atoms with E-state index < -0.39 is 0 Å². The number of H-pyrrole nitrogens is 1. The van der Waals surface area contributed by atoms with E-state index >= 15 is 0 Å². The molecular weight excluding hydrogens is 252 g/mol. The van der Waals surface area contributed by atoms with Crippen molar-refractivity contribution in [3.8, 4) is 17.3 Å². The van der Waals surface area contributed by atoms with Crippen LogP contribution in [0.5, 0.6) is 0 Å². The average molecular weight is 266 g/mol. The van der Waals surface area contributed by atoms with Gasteiger partial charge in [0.05, 0.1) is 24.0 Å². The highest BCUT2D eigenvalue weighted by Crippen LogP contribution is 2.25. The number of nitriles is 1. The monoisotopic (exact) mass is 266 g/mol. The van der Waals surface area contributed by atoms with Crippen LogP contribution in [-0.2, 0) is 0 Å². The van der Waals surface area contributed by atoms with Crippen molar-refractivity contribution in [1.82, 2.24) is 24.7 Å². The lowest BCUT2D eigenvalue weighted by atomic mass is 10.2. The second-order valence-corrected chi connectivity index (χ2v) is 4.72. The summed E-state index contributed by atoms with van der Waals surface area (Å²) in [6.07, 6.45) is 8.49. The zero-order chi connectivity index (χ0) is 13.9. The highest BCUT2D eigenvalue weighted by atomic mass is 15.3. The molecule has 0 saturated carbocycles. The summed E-state index contributed by atoms with van der Waals surface area (Å²) >= 11 is 0. The molecule has 6 heteroatoms. The number of nitrogens with one attached hydrogen (secondary N) is 1. The molecule has 0 saturated heterocycles. The smallest absolute Gasteiger partial charge is 0.141 e. The molecule has 0 bridgehead atoms. The Kier molecular flexibility index (Phi) is 3.17. The Hall–Kier alpha value is -2.68. The molecule has 3 aromatic rings. The fourth-order valence-corrected chi connectivity index (χ4v) is 2.21. The van der Waals surface area contributed by atoms with Crippen LogP contribution in [0.2, 0.25) is 0 Å². The topological polar surface area (TPSA) is 83.2 Å². The molecule has 100 valence electrons. The van der Waals surface area contributed by atoms with Crippen LogP contribution in [0, 0.1) is 11.3 Å². The average Bonchev–Trinajstić information content (AvgIpc) is 3.12. The second-order valence-electron chi connectivity index (χ2n) is 4.72. The first-order valence-electron chi connectivity index (χ1n) is 6.49. The minimum atomic E-state index is 0.201. The number of nitrogens with zero attached hydrogens (tertiary/aromatic N) is 5. The summed E-state index contributed by atoms with van der Waals surface area (Å²) in [4.78, 5) is 11.6. The van der Waals surface area contributed by atoms with Crippen LogP contribution in [0.3, 0.4) is 0 Å². The van der Waals surface area contributed by atoms with Crippen molar-refractivity contribution in [3.05, 3.63) is 31.0 Å². The molecule has 3 rings (SSSR count). The van der Waals surface area contributed by atoms with E-state index in [9.17, 15) is 0 Å². The van der Waals surface area contributed by atoms with Crippen molar-refractivity contribution >= 4 is 11.0 Å². The largest absolute Gasteiger partial charge is 0.346 e. The molecular formula is C14H14N6. The predicted molar refractivity (Wildman–Crippen MR) is 74.7 cm³/mol. The van der Waals surface area contributed by atoms with Gasteiger partial charge in [-0.15, -0.1) is 0 Å². The Bertz CT molecular complexity index is 763. The van der Waals surface area contributed by atoms with E-state index in [1.54, 1.807) is 12.5 Å². The van der Waals surface area contributed by atoms with E-state index in [0.29, 0.717) is 6.42 Å². The van der Waals surface area contributed by atoms with Crippen LogP contribution in [0.1, 0.15) is 25.8 Å². The van der Waals surface area contributed by atoms with Gasteiger partial charge in [-0.1, -0.05) is 0 Å². The molecule has 3 heterocycles. The molecule has 1 N–H and O–H groups in total. The molecule has 20 heavy (non-hydrogen) atoms. The number of rotatable bonds is 4. The molecule has 0 aliphatic heterocycles. The van der Waals surface area contributed by atoms with Gasteiger partial charge in [-0.25, -0.2) is 9.97 Å². The lowest BCUT2D eigenvalue weighted by Crippen LogP contribution is -2.04. The van der Waals surface area contributed by atoms with Gasteiger partial charge in [-0.3, -0.25) is 4.68 Å².